The molecule has 1 amide bonds. The maximum Gasteiger partial charge on any atom is 0.303 e. The molecule has 0 heterocycles. The van der Waals surface area contributed by atoms with Crippen LogP contribution < -0.4 is 14.8 Å². The van der Waals surface area contributed by atoms with E-state index in [9.17, 15) is 9.59 Å². The molecule has 0 bridgehead atoms. The Morgan fingerprint density at radius 2 is 1.80 bits per heavy atom. The first-order chi connectivity index (χ1) is 9.63. The summed E-state index contributed by atoms with van der Waals surface area (Å²) in [6.07, 6.45) is -0.190. The zero-order chi connectivity index (χ0) is 14.8. The summed E-state index contributed by atoms with van der Waals surface area (Å²) in [5.74, 6) is -0.00234. The fourth-order valence-corrected chi connectivity index (χ4v) is 1.50. The number of carboxylic acid groups (broad SMARTS) is 1. The normalized spacial score (nSPS) is 9.85. The number of carboxylic acids is 1. The van der Waals surface area contributed by atoms with E-state index in [1.165, 1.54) is 0 Å². The summed E-state index contributed by atoms with van der Waals surface area (Å²) in [4.78, 5) is 21.6. The van der Waals surface area contributed by atoms with Gasteiger partial charge in [-0.25, -0.2) is 0 Å². The van der Waals surface area contributed by atoms with Gasteiger partial charge in [-0.15, -0.1) is 0 Å². The van der Waals surface area contributed by atoms with Crippen LogP contribution in [0.1, 0.15) is 19.8 Å². The van der Waals surface area contributed by atoms with Gasteiger partial charge in [-0.05, 0) is 19.1 Å². The molecule has 2 N–H and O–H groups in total. The van der Waals surface area contributed by atoms with E-state index in [4.69, 9.17) is 14.6 Å². The molecular formula is C14H19NO5. The molecule has 0 atom stereocenters. The molecule has 1 aromatic rings. The highest BCUT2D eigenvalue weighted by Gasteiger charge is 2.06. The average molecular weight is 281 g/mol. The second-order valence-corrected chi connectivity index (χ2v) is 3.97. The van der Waals surface area contributed by atoms with Crippen molar-refractivity contribution in [1.82, 2.24) is 5.32 Å². The Bertz CT molecular complexity index is 447. The van der Waals surface area contributed by atoms with E-state index >= 15 is 0 Å². The van der Waals surface area contributed by atoms with E-state index in [0.717, 1.165) is 0 Å². The molecule has 0 saturated carbocycles. The zero-order valence-corrected chi connectivity index (χ0v) is 11.4. The largest absolute Gasteiger partial charge is 0.490 e. The highest BCUT2D eigenvalue weighted by Crippen LogP contribution is 2.25. The van der Waals surface area contributed by atoms with Gasteiger partial charge in [0, 0.05) is 6.42 Å². The first kappa shape index (κ1) is 15.8. The van der Waals surface area contributed by atoms with Crippen LogP contribution in [0.3, 0.4) is 0 Å². The number of amides is 1. The van der Waals surface area contributed by atoms with Crippen molar-refractivity contribution >= 4 is 11.9 Å². The first-order valence-electron chi connectivity index (χ1n) is 6.46. The molecule has 110 valence electrons. The molecule has 20 heavy (non-hydrogen) atoms. The molecule has 1 aromatic carbocycles. The Morgan fingerprint density at radius 1 is 1.15 bits per heavy atom. The van der Waals surface area contributed by atoms with E-state index in [2.05, 4.69) is 5.32 Å². The summed E-state index contributed by atoms with van der Waals surface area (Å²) < 4.78 is 10.9. The van der Waals surface area contributed by atoms with Crippen LogP contribution in [0.25, 0.3) is 0 Å². The van der Waals surface area contributed by atoms with Gasteiger partial charge < -0.3 is 19.9 Å². The van der Waals surface area contributed by atoms with Gasteiger partial charge in [-0.1, -0.05) is 12.1 Å². The predicted octanol–water partition coefficient (Wildman–Crippen LogP) is 1.45. The lowest BCUT2D eigenvalue weighted by atomic mass is 10.3. The van der Waals surface area contributed by atoms with Gasteiger partial charge in [-0.3, -0.25) is 9.59 Å². The fourth-order valence-electron chi connectivity index (χ4n) is 1.50. The number of rotatable bonds is 9. The highest BCUT2D eigenvalue weighted by molar-refractivity contribution is 5.80. The van der Waals surface area contributed by atoms with Crippen molar-refractivity contribution in [2.24, 2.45) is 0 Å². The Kier molecular flexibility index (Phi) is 6.95. The molecule has 0 aliphatic carbocycles. The van der Waals surface area contributed by atoms with Crippen molar-refractivity contribution < 1.29 is 24.2 Å². The summed E-state index contributed by atoms with van der Waals surface area (Å²) in [6.45, 7) is 3.05. The minimum atomic E-state index is -0.984. The Hall–Kier alpha value is -2.24. The lowest BCUT2D eigenvalue weighted by molar-refractivity contribution is -0.138. The summed E-state index contributed by atoms with van der Waals surface area (Å²) in [5, 5.41) is 11.0. The summed E-state index contributed by atoms with van der Waals surface area (Å²) in [5.41, 5.74) is 0. The van der Waals surface area contributed by atoms with Crippen molar-refractivity contribution in [2.45, 2.75) is 19.8 Å². The van der Waals surface area contributed by atoms with Gasteiger partial charge in [0.2, 0.25) is 5.91 Å². The van der Waals surface area contributed by atoms with Gasteiger partial charge in [0.15, 0.2) is 11.5 Å². The van der Waals surface area contributed by atoms with Crippen molar-refractivity contribution in [3.05, 3.63) is 24.3 Å². The molecule has 0 spiro atoms. The van der Waals surface area contributed by atoms with Crippen molar-refractivity contribution in [3.63, 3.8) is 0 Å². The number of ether oxygens (including phenoxy) is 2. The Balaban J connectivity index is 2.27. The monoisotopic (exact) mass is 281 g/mol. The highest BCUT2D eigenvalue weighted by atomic mass is 16.5. The molecular weight excluding hydrogens is 262 g/mol. The van der Waals surface area contributed by atoms with Crippen LogP contribution in [0.2, 0.25) is 0 Å². The van der Waals surface area contributed by atoms with Gasteiger partial charge in [-0.2, -0.15) is 0 Å². The summed E-state index contributed by atoms with van der Waals surface area (Å²) in [6, 6.07) is 7.29. The van der Waals surface area contributed by atoms with Crippen molar-refractivity contribution in [3.8, 4) is 11.5 Å². The zero-order valence-electron chi connectivity index (χ0n) is 11.4. The third-order valence-electron chi connectivity index (χ3n) is 2.40. The van der Waals surface area contributed by atoms with E-state index in [1.807, 2.05) is 25.1 Å². The lowest BCUT2D eigenvalue weighted by Gasteiger charge is -2.11. The summed E-state index contributed by atoms with van der Waals surface area (Å²) >= 11 is 0. The van der Waals surface area contributed by atoms with Gasteiger partial charge in [0.25, 0.3) is 0 Å². The summed E-state index contributed by atoms with van der Waals surface area (Å²) in [7, 11) is 0. The lowest BCUT2D eigenvalue weighted by Crippen LogP contribution is -2.28. The molecule has 6 heteroatoms. The quantitative estimate of drug-likeness (QED) is 0.669. The van der Waals surface area contributed by atoms with Crippen LogP contribution in [0.4, 0.5) is 0 Å². The van der Waals surface area contributed by atoms with E-state index in [0.29, 0.717) is 31.3 Å². The van der Waals surface area contributed by atoms with Crippen LogP contribution in [0.15, 0.2) is 24.3 Å². The molecule has 0 saturated heterocycles. The average Bonchev–Trinajstić information content (AvgIpc) is 2.43. The van der Waals surface area contributed by atoms with E-state index in [1.54, 1.807) is 6.07 Å². The number of aliphatic carboxylic acids is 1. The van der Waals surface area contributed by atoms with Crippen molar-refractivity contribution in [2.75, 3.05) is 19.8 Å². The van der Waals surface area contributed by atoms with Crippen LogP contribution in [0, 0.1) is 0 Å². The first-order valence-corrected chi connectivity index (χ1v) is 6.46. The third-order valence-corrected chi connectivity index (χ3v) is 2.40. The number of carbonyl (C=O) groups excluding carboxylic acids is 1. The topological polar surface area (TPSA) is 84.9 Å². The number of carbonyl (C=O) groups is 2. The van der Waals surface area contributed by atoms with Crippen LogP contribution in [-0.2, 0) is 9.59 Å². The second kappa shape index (κ2) is 8.79. The van der Waals surface area contributed by atoms with Crippen molar-refractivity contribution in [1.29, 1.82) is 0 Å². The SMILES string of the molecule is CCOc1ccccc1OCCNC(=O)CCC(=O)O. The number of hydrogen-bond acceptors (Lipinski definition) is 4. The van der Waals surface area contributed by atoms with Gasteiger partial charge in [0.05, 0.1) is 19.6 Å². The molecule has 0 fully saturated rings. The van der Waals surface area contributed by atoms with Crippen LogP contribution >= 0.6 is 0 Å². The molecule has 0 radical (unpaired) electrons. The third kappa shape index (κ3) is 6.08. The molecule has 6 nitrogen and oxygen atoms in total. The van der Waals surface area contributed by atoms with E-state index in [-0.39, 0.29) is 18.7 Å². The second-order valence-electron chi connectivity index (χ2n) is 3.97. The number of para-hydroxylation sites is 2. The number of benzene rings is 1. The predicted molar refractivity (Wildman–Crippen MR) is 73.0 cm³/mol. The van der Waals surface area contributed by atoms with Gasteiger partial charge >= 0.3 is 5.97 Å². The standard InChI is InChI=1S/C14H19NO5/c1-2-19-11-5-3-4-6-12(11)20-10-9-15-13(16)7-8-14(17)18/h3-6H,2,7-10H2,1H3,(H,15,16)(H,17,18). The minimum absolute atomic E-state index is 0.0230. The molecule has 0 unspecified atom stereocenters. The molecule has 0 aliphatic heterocycles. The van der Waals surface area contributed by atoms with Crippen LogP contribution in [-0.4, -0.2) is 36.7 Å². The smallest absolute Gasteiger partial charge is 0.303 e. The van der Waals surface area contributed by atoms with E-state index < -0.39 is 5.97 Å². The Labute approximate surface area is 117 Å². The maximum atomic E-state index is 11.3. The molecule has 0 aliphatic rings. The molecule has 1 rings (SSSR count). The molecule has 0 aromatic heterocycles. The van der Waals surface area contributed by atoms with Crippen LogP contribution in [0.5, 0.6) is 11.5 Å². The number of hydrogen-bond donors (Lipinski definition) is 2. The van der Waals surface area contributed by atoms with Gasteiger partial charge in [0.1, 0.15) is 6.61 Å². The Morgan fingerprint density at radius 3 is 2.40 bits per heavy atom. The minimum Gasteiger partial charge on any atom is -0.490 e. The number of nitrogens with one attached hydrogen (secondary N) is 1. The fraction of sp³-hybridized carbons (Fsp3) is 0.429. The maximum absolute atomic E-state index is 11.3.